The van der Waals surface area contributed by atoms with Crippen LogP contribution in [0, 0.1) is 0 Å². The van der Waals surface area contributed by atoms with Crippen LogP contribution in [0.15, 0.2) is 0 Å². The van der Waals surface area contributed by atoms with Gasteiger partial charge in [-0.25, -0.2) is 4.79 Å². The molecule has 14 heavy (non-hydrogen) atoms. The van der Waals surface area contributed by atoms with Gasteiger partial charge >= 0.3 is 6.09 Å². The molecule has 0 N–H and O–H groups in total. The molecule has 0 heterocycles. The van der Waals surface area contributed by atoms with Crippen molar-refractivity contribution in [2.45, 2.75) is 30.9 Å². The normalized spacial score (nSPS) is 17.0. The van der Waals surface area contributed by atoms with Gasteiger partial charge in [0.05, 0.1) is 0 Å². The van der Waals surface area contributed by atoms with Crippen molar-refractivity contribution in [3.05, 3.63) is 0 Å². The minimum atomic E-state index is -0.239. The van der Waals surface area contributed by atoms with Crippen LogP contribution >= 0.6 is 11.8 Å². The molecule has 1 aliphatic rings. The molecule has 0 unspecified atom stereocenters. The second-order valence-corrected chi connectivity index (χ2v) is 5.19. The Morgan fingerprint density at radius 2 is 2.07 bits per heavy atom. The summed E-state index contributed by atoms with van der Waals surface area (Å²) in [6, 6.07) is 0. The highest BCUT2D eigenvalue weighted by atomic mass is 32.2. The molecular weight excluding hydrogens is 198 g/mol. The Bertz CT molecular complexity index is 179. The van der Waals surface area contributed by atoms with Gasteiger partial charge < -0.3 is 9.64 Å². The average molecular weight is 217 g/mol. The lowest BCUT2D eigenvalue weighted by Gasteiger charge is -2.12. The van der Waals surface area contributed by atoms with Crippen molar-refractivity contribution in [2.75, 3.05) is 26.5 Å². The number of nitrogens with zero attached hydrogens (tertiary/aromatic N) is 1. The van der Waals surface area contributed by atoms with E-state index in [4.69, 9.17) is 4.74 Å². The van der Waals surface area contributed by atoms with Crippen molar-refractivity contribution >= 4 is 17.9 Å². The molecule has 0 atom stereocenters. The van der Waals surface area contributed by atoms with E-state index in [1.807, 2.05) is 11.8 Å². The number of ether oxygens (including phenoxy) is 1. The Labute approximate surface area is 90.2 Å². The van der Waals surface area contributed by atoms with Gasteiger partial charge in [0.15, 0.2) is 0 Å². The minimum Gasteiger partial charge on any atom is -0.449 e. The Balaban J connectivity index is 1.96. The van der Waals surface area contributed by atoms with E-state index in [-0.39, 0.29) is 6.09 Å². The maximum atomic E-state index is 11.0. The smallest absolute Gasteiger partial charge is 0.409 e. The molecule has 1 aliphatic carbocycles. The van der Waals surface area contributed by atoms with E-state index in [0.717, 1.165) is 11.0 Å². The molecule has 3 nitrogen and oxygen atoms in total. The summed E-state index contributed by atoms with van der Waals surface area (Å²) in [7, 11) is 3.40. The monoisotopic (exact) mass is 217 g/mol. The van der Waals surface area contributed by atoms with Gasteiger partial charge in [-0.3, -0.25) is 0 Å². The first kappa shape index (κ1) is 11.7. The summed E-state index contributed by atoms with van der Waals surface area (Å²) in [6.07, 6.45) is 5.18. The van der Waals surface area contributed by atoms with E-state index in [1.54, 1.807) is 14.1 Å². The Kier molecular flexibility index (Phi) is 5.15. The fourth-order valence-corrected chi connectivity index (χ4v) is 2.71. The van der Waals surface area contributed by atoms with Crippen LogP contribution in [0.1, 0.15) is 25.7 Å². The molecule has 1 amide bonds. The lowest BCUT2D eigenvalue weighted by Crippen LogP contribution is -2.23. The molecule has 0 saturated heterocycles. The van der Waals surface area contributed by atoms with Crippen molar-refractivity contribution in [2.24, 2.45) is 0 Å². The third-order valence-electron chi connectivity index (χ3n) is 2.33. The van der Waals surface area contributed by atoms with E-state index in [1.165, 1.54) is 30.6 Å². The number of carbonyl (C=O) groups is 1. The summed E-state index contributed by atoms with van der Waals surface area (Å²) in [5.41, 5.74) is 0. The summed E-state index contributed by atoms with van der Waals surface area (Å²) >= 11 is 1.94. The zero-order valence-corrected chi connectivity index (χ0v) is 9.81. The van der Waals surface area contributed by atoms with E-state index in [9.17, 15) is 4.79 Å². The zero-order valence-electron chi connectivity index (χ0n) is 8.99. The van der Waals surface area contributed by atoms with Crippen molar-refractivity contribution in [3.63, 3.8) is 0 Å². The summed E-state index contributed by atoms with van der Waals surface area (Å²) < 4.78 is 5.03. The molecule has 0 aromatic rings. The second kappa shape index (κ2) is 6.17. The van der Waals surface area contributed by atoms with Crippen molar-refractivity contribution in [1.29, 1.82) is 0 Å². The Morgan fingerprint density at radius 3 is 2.64 bits per heavy atom. The molecule has 0 radical (unpaired) electrons. The van der Waals surface area contributed by atoms with Crippen LogP contribution in [-0.4, -0.2) is 42.7 Å². The van der Waals surface area contributed by atoms with Gasteiger partial charge in [0.25, 0.3) is 0 Å². The predicted molar refractivity (Wildman–Crippen MR) is 59.7 cm³/mol. The summed E-state index contributed by atoms with van der Waals surface area (Å²) in [5, 5.41) is 0.813. The van der Waals surface area contributed by atoms with Crippen LogP contribution in [0.2, 0.25) is 0 Å². The number of amides is 1. The van der Waals surface area contributed by atoms with Gasteiger partial charge in [-0.15, -0.1) is 0 Å². The van der Waals surface area contributed by atoms with E-state index in [2.05, 4.69) is 0 Å². The lowest BCUT2D eigenvalue weighted by atomic mass is 10.4. The molecular formula is C10H19NO2S. The van der Waals surface area contributed by atoms with E-state index in [0.29, 0.717) is 6.61 Å². The van der Waals surface area contributed by atoms with E-state index < -0.39 is 0 Å². The molecule has 1 fully saturated rings. The molecule has 82 valence electrons. The van der Waals surface area contributed by atoms with Gasteiger partial charge in [0, 0.05) is 25.1 Å². The summed E-state index contributed by atoms with van der Waals surface area (Å²) in [4.78, 5) is 12.5. The summed E-state index contributed by atoms with van der Waals surface area (Å²) in [5.74, 6) is 0.935. The second-order valence-electron chi connectivity index (χ2n) is 3.79. The number of carbonyl (C=O) groups excluding carboxylic acids is 1. The number of thioether (sulfide) groups is 1. The first-order valence-corrected chi connectivity index (χ1v) is 6.20. The number of hydrogen-bond donors (Lipinski definition) is 0. The van der Waals surface area contributed by atoms with E-state index >= 15 is 0 Å². The first-order chi connectivity index (χ1) is 6.70. The van der Waals surface area contributed by atoms with Crippen molar-refractivity contribution in [3.8, 4) is 0 Å². The number of hydrogen-bond acceptors (Lipinski definition) is 3. The maximum absolute atomic E-state index is 11.0. The molecule has 1 rings (SSSR count). The number of rotatable bonds is 4. The van der Waals surface area contributed by atoms with Crippen LogP contribution in [-0.2, 0) is 4.74 Å². The highest BCUT2D eigenvalue weighted by molar-refractivity contribution is 7.99. The SMILES string of the molecule is CN(C)C(=O)OCCSC1CCCC1. The molecule has 0 aromatic carbocycles. The Hall–Kier alpha value is -0.380. The minimum absolute atomic E-state index is 0.239. The molecule has 1 saturated carbocycles. The third kappa shape index (κ3) is 4.22. The topological polar surface area (TPSA) is 29.5 Å². The predicted octanol–water partition coefficient (Wildman–Crippen LogP) is 2.36. The van der Waals surface area contributed by atoms with Crippen LogP contribution in [0.25, 0.3) is 0 Å². The van der Waals surface area contributed by atoms with Crippen molar-refractivity contribution in [1.82, 2.24) is 4.90 Å². The van der Waals surface area contributed by atoms with Crippen LogP contribution in [0.4, 0.5) is 4.79 Å². The maximum Gasteiger partial charge on any atom is 0.409 e. The highest BCUT2D eigenvalue weighted by Crippen LogP contribution is 2.28. The lowest BCUT2D eigenvalue weighted by molar-refractivity contribution is 0.125. The summed E-state index contributed by atoms with van der Waals surface area (Å²) in [6.45, 7) is 0.540. The molecule has 0 spiro atoms. The van der Waals surface area contributed by atoms with Gasteiger partial charge in [-0.1, -0.05) is 12.8 Å². The van der Waals surface area contributed by atoms with Gasteiger partial charge in [0.1, 0.15) is 6.61 Å². The molecule has 0 bridgehead atoms. The van der Waals surface area contributed by atoms with Gasteiger partial charge in [0.2, 0.25) is 0 Å². The Morgan fingerprint density at radius 1 is 1.43 bits per heavy atom. The highest BCUT2D eigenvalue weighted by Gasteiger charge is 2.15. The first-order valence-electron chi connectivity index (χ1n) is 5.16. The fourth-order valence-electron chi connectivity index (χ4n) is 1.53. The quantitative estimate of drug-likeness (QED) is 0.677. The molecule has 0 aromatic heterocycles. The van der Waals surface area contributed by atoms with Crippen LogP contribution in [0.3, 0.4) is 0 Å². The van der Waals surface area contributed by atoms with Crippen molar-refractivity contribution < 1.29 is 9.53 Å². The average Bonchev–Trinajstić information content (AvgIpc) is 2.64. The largest absolute Gasteiger partial charge is 0.449 e. The van der Waals surface area contributed by atoms with Gasteiger partial charge in [-0.2, -0.15) is 11.8 Å². The molecule has 4 heteroatoms. The van der Waals surface area contributed by atoms with Crippen LogP contribution in [0.5, 0.6) is 0 Å². The fraction of sp³-hybridized carbons (Fsp3) is 0.900. The standard InChI is InChI=1S/C10H19NO2S/c1-11(2)10(12)13-7-8-14-9-5-3-4-6-9/h9H,3-8H2,1-2H3. The van der Waals surface area contributed by atoms with Gasteiger partial charge in [-0.05, 0) is 12.8 Å². The zero-order chi connectivity index (χ0) is 10.4. The van der Waals surface area contributed by atoms with Crippen LogP contribution < -0.4 is 0 Å². The third-order valence-corrected chi connectivity index (χ3v) is 3.67. The molecule has 0 aliphatic heterocycles.